The first-order valence-corrected chi connectivity index (χ1v) is 12.5. The van der Waals surface area contributed by atoms with E-state index in [9.17, 15) is 14.7 Å². The molecule has 0 aromatic heterocycles. The van der Waals surface area contributed by atoms with Gasteiger partial charge in [-0.15, -0.1) is 0 Å². The molecular weight excluding hydrogens is 472 g/mol. The van der Waals surface area contributed by atoms with Gasteiger partial charge in [-0.1, -0.05) is 19.9 Å². The zero-order valence-electron chi connectivity index (χ0n) is 22.8. The minimum absolute atomic E-state index is 0.0531. The van der Waals surface area contributed by atoms with Crippen molar-refractivity contribution in [2.45, 2.75) is 33.2 Å². The van der Waals surface area contributed by atoms with Gasteiger partial charge in [-0.2, -0.15) is 0 Å². The van der Waals surface area contributed by atoms with E-state index in [1.165, 1.54) is 12.0 Å². The van der Waals surface area contributed by atoms with Crippen molar-refractivity contribution in [1.29, 1.82) is 0 Å². The summed E-state index contributed by atoms with van der Waals surface area (Å²) in [5, 5.41) is 11.4. The molecule has 1 N–H and O–H groups in total. The van der Waals surface area contributed by atoms with Crippen LogP contribution >= 0.6 is 0 Å². The lowest BCUT2D eigenvalue weighted by Gasteiger charge is -2.26. The summed E-state index contributed by atoms with van der Waals surface area (Å²) in [6.07, 6.45) is 0.671. The highest BCUT2D eigenvalue weighted by atomic mass is 16.5. The molecule has 0 aliphatic carbocycles. The predicted octanol–water partition coefficient (Wildman–Crippen LogP) is 4.42. The monoisotopic (exact) mass is 510 g/mol. The van der Waals surface area contributed by atoms with Crippen LogP contribution in [0, 0.1) is 12.8 Å². The third-order valence-corrected chi connectivity index (χ3v) is 6.29. The molecule has 0 radical (unpaired) electrons. The summed E-state index contributed by atoms with van der Waals surface area (Å²) < 4.78 is 16.7. The van der Waals surface area contributed by atoms with E-state index >= 15 is 0 Å². The smallest absolute Gasteiger partial charge is 0.295 e. The van der Waals surface area contributed by atoms with Crippen molar-refractivity contribution in [3.63, 3.8) is 0 Å². The number of aliphatic hydroxyl groups excluding tert-OH is 1. The number of amides is 1. The van der Waals surface area contributed by atoms with E-state index in [4.69, 9.17) is 14.2 Å². The second-order valence-corrected chi connectivity index (χ2v) is 9.95. The van der Waals surface area contributed by atoms with Gasteiger partial charge in [-0.3, -0.25) is 9.59 Å². The van der Waals surface area contributed by atoms with E-state index < -0.39 is 17.7 Å². The molecule has 1 saturated heterocycles. The van der Waals surface area contributed by atoms with E-state index in [0.29, 0.717) is 53.9 Å². The Morgan fingerprint density at radius 3 is 2.30 bits per heavy atom. The van der Waals surface area contributed by atoms with E-state index in [-0.39, 0.29) is 11.3 Å². The molecule has 0 saturated carbocycles. The Morgan fingerprint density at radius 2 is 1.70 bits per heavy atom. The normalized spacial score (nSPS) is 17.1. The van der Waals surface area contributed by atoms with Gasteiger partial charge in [0.15, 0.2) is 11.5 Å². The van der Waals surface area contributed by atoms with Crippen LogP contribution in [0.2, 0.25) is 0 Å². The second-order valence-electron chi connectivity index (χ2n) is 9.95. The lowest BCUT2D eigenvalue weighted by molar-refractivity contribution is -0.139. The number of methoxy groups -OCH3 is 2. The number of Topliss-reactive ketones (excluding diaryl/α,β-unsaturated/α-hetero) is 1. The molecule has 0 spiro atoms. The van der Waals surface area contributed by atoms with Gasteiger partial charge in [0.2, 0.25) is 0 Å². The summed E-state index contributed by atoms with van der Waals surface area (Å²) >= 11 is 0. The molecule has 3 rings (SSSR count). The van der Waals surface area contributed by atoms with E-state index in [1.807, 2.05) is 25.9 Å². The minimum atomic E-state index is -0.765. The van der Waals surface area contributed by atoms with Crippen LogP contribution in [0.4, 0.5) is 0 Å². The molecular formula is C29H38N2O6. The van der Waals surface area contributed by atoms with Crippen LogP contribution in [0.15, 0.2) is 42.0 Å². The highest BCUT2D eigenvalue weighted by Gasteiger charge is 2.46. The molecule has 8 heteroatoms. The zero-order chi connectivity index (χ0) is 27.3. The summed E-state index contributed by atoms with van der Waals surface area (Å²) in [7, 11) is 6.98. The van der Waals surface area contributed by atoms with Crippen LogP contribution < -0.4 is 14.2 Å². The Morgan fingerprint density at radius 1 is 1.03 bits per heavy atom. The predicted molar refractivity (Wildman–Crippen MR) is 143 cm³/mol. The molecule has 8 nitrogen and oxygen atoms in total. The van der Waals surface area contributed by atoms with Gasteiger partial charge >= 0.3 is 0 Å². The van der Waals surface area contributed by atoms with Crippen molar-refractivity contribution in [2.24, 2.45) is 5.92 Å². The van der Waals surface area contributed by atoms with Crippen molar-refractivity contribution in [3.05, 3.63) is 58.7 Å². The first kappa shape index (κ1) is 28.1. The van der Waals surface area contributed by atoms with Crippen molar-refractivity contribution in [3.8, 4) is 17.2 Å². The number of aliphatic hydroxyl groups is 1. The fourth-order valence-electron chi connectivity index (χ4n) is 4.41. The fourth-order valence-corrected chi connectivity index (χ4v) is 4.41. The van der Waals surface area contributed by atoms with Crippen LogP contribution in [0.3, 0.4) is 0 Å². The number of benzene rings is 2. The topological polar surface area (TPSA) is 88.5 Å². The number of likely N-dealkylation sites (tertiary alicyclic amines) is 1. The summed E-state index contributed by atoms with van der Waals surface area (Å²) in [6.45, 7) is 7.71. The first-order chi connectivity index (χ1) is 17.6. The maximum atomic E-state index is 13.3. The lowest BCUT2D eigenvalue weighted by Crippen LogP contribution is -2.32. The first-order valence-electron chi connectivity index (χ1n) is 12.5. The summed E-state index contributed by atoms with van der Waals surface area (Å²) in [5.74, 6) is 0.536. The average molecular weight is 511 g/mol. The van der Waals surface area contributed by atoms with Gasteiger partial charge in [0.25, 0.3) is 11.7 Å². The SMILES string of the molecule is COc1ccc([C@@H]2/C(=C(\O)c3ccc(OCC(C)C)c(C)c3)C(=O)C(=O)N2CCCN(C)C)cc1OC. The number of ketones is 1. The minimum Gasteiger partial charge on any atom is -0.507 e. The number of hydrogen-bond donors (Lipinski definition) is 1. The molecule has 0 unspecified atom stereocenters. The number of carbonyl (C=O) groups is 2. The average Bonchev–Trinajstić information content (AvgIpc) is 3.11. The third-order valence-electron chi connectivity index (χ3n) is 6.29. The maximum Gasteiger partial charge on any atom is 0.295 e. The number of ether oxygens (including phenoxy) is 3. The number of hydrogen-bond acceptors (Lipinski definition) is 7. The molecule has 1 aliphatic rings. The quantitative estimate of drug-likeness (QED) is 0.272. The van der Waals surface area contributed by atoms with Gasteiger partial charge < -0.3 is 29.1 Å². The molecule has 1 fully saturated rings. The maximum absolute atomic E-state index is 13.3. The Kier molecular flexibility index (Phi) is 9.21. The Bertz CT molecular complexity index is 1170. The Hall–Kier alpha value is -3.52. The van der Waals surface area contributed by atoms with Crippen LogP contribution in [-0.4, -0.2) is 74.6 Å². The molecule has 1 heterocycles. The van der Waals surface area contributed by atoms with Crippen LogP contribution in [-0.2, 0) is 9.59 Å². The summed E-state index contributed by atoms with van der Waals surface area (Å²) in [4.78, 5) is 30.1. The highest BCUT2D eigenvalue weighted by Crippen LogP contribution is 2.42. The van der Waals surface area contributed by atoms with E-state index in [2.05, 4.69) is 13.8 Å². The van der Waals surface area contributed by atoms with Gasteiger partial charge in [0.1, 0.15) is 11.5 Å². The fraction of sp³-hybridized carbons (Fsp3) is 0.448. The third kappa shape index (κ3) is 6.25. The molecule has 0 bridgehead atoms. The van der Waals surface area contributed by atoms with Crippen molar-refractivity contribution in [2.75, 3.05) is 48.0 Å². The summed E-state index contributed by atoms with van der Waals surface area (Å²) in [5.41, 5.74) is 1.98. The van der Waals surface area contributed by atoms with Gasteiger partial charge in [0.05, 0.1) is 32.4 Å². The van der Waals surface area contributed by atoms with Crippen LogP contribution in [0.1, 0.15) is 43.0 Å². The highest BCUT2D eigenvalue weighted by molar-refractivity contribution is 6.46. The van der Waals surface area contributed by atoms with E-state index in [0.717, 1.165) is 12.1 Å². The van der Waals surface area contributed by atoms with Crippen molar-refractivity contribution >= 4 is 17.4 Å². The largest absolute Gasteiger partial charge is 0.507 e. The number of nitrogens with zero attached hydrogens (tertiary/aromatic N) is 2. The molecule has 2 aromatic carbocycles. The van der Waals surface area contributed by atoms with Crippen LogP contribution in [0.25, 0.3) is 5.76 Å². The Labute approximate surface area is 219 Å². The number of rotatable bonds is 11. The zero-order valence-corrected chi connectivity index (χ0v) is 22.8. The standard InChI is InChI=1S/C29H38N2O6/c1-18(2)17-37-22-11-10-21(15-19(22)3)27(32)25-26(20-9-12-23(35-6)24(16-20)36-7)31(29(34)28(25)33)14-8-13-30(4)5/h9-12,15-16,18,26,32H,8,13-14,17H2,1-7H3/b27-25+/t26-/m1/s1. The van der Waals surface area contributed by atoms with Crippen molar-refractivity contribution < 1.29 is 28.9 Å². The molecule has 1 aliphatic heterocycles. The van der Waals surface area contributed by atoms with Gasteiger partial charge in [0, 0.05) is 12.1 Å². The van der Waals surface area contributed by atoms with Crippen LogP contribution in [0.5, 0.6) is 17.2 Å². The summed E-state index contributed by atoms with van der Waals surface area (Å²) in [6, 6.07) is 9.77. The number of aryl methyl sites for hydroxylation is 1. The molecule has 200 valence electrons. The lowest BCUT2D eigenvalue weighted by atomic mass is 9.94. The Balaban J connectivity index is 2.10. The van der Waals surface area contributed by atoms with Crippen molar-refractivity contribution in [1.82, 2.24) is 9.80 Å². The second kappa shape index (κ2) is 12.1. The number of carbonyl (C=O) groups excluding carboxylic acids is 2. The molecule has 37 heavy (non-hydrogen) atoms. The molecule has 1 amide bonds. The van der Waals surface area contributed by atoms with Gasteiger partial charge in [-0.25, -0.2) is 0 Å². The van der Waals surface area contributed by atoms with E-state index in [1.54, 1.807) is 43.5 Å². The molecule has 1 atom stereocenters. The van der Waals surface area contributed by atoms with Gasteiger partial charge in [-0.05, 0) is 81.4 Å². The molecule has 2 aromatic rings.